The molecule has 144 valence electrons. The Kier molecular flexibility index (Phi) is 3.47. The summed E-state index contributed by atoms with van der Waals surface area (Å²) in [5.74, 6) is 0.159. The van der Waals surface area contributed by atoms with Crippen molar-refractivity contribution in [3.8, 4) is 5.69 Å². The first kappa shape index (κ1) is 16.8. The van der Waals surface area contributed by atoms with Gasteiger partial charge >= 0.3 is 0 Å². The minimum atomic E-state index is -0.439. The number of carbonyl (C=O) groups is 1. The van der Waals surface area contributed by atoms with E-state index in [1.165, 1.54) is 4.68 Å². The minimum Gasteiger partial charge on any atom is -0.339 e. The van der Waals surface area contributed by atoms with Crippen molar-refractivity contribution >= 4 is 17.3 Å². The molecule has 5 heteroatoms. The number of hydrogen-bond donors (Lipinski definition) is 2. The first-order valence-corrected chi connectivity index (χ1v) is 9.84. The number of Topliss-reactive ketones (excluding diaryl/α,β-unsaturated/α-hetero) is 1. The molecule has 2 heterocycles. The van der Waals surface area contributed by atoms with Crippen LogP contribution >= 0.6 is 0 Å². The summed E-state index contributed by atoms with van der Waals surface area (Å²) in [5, 5.41) is 6.58. The lowest BCUT2D eigenvalue weighted by Gasteiger charge is -2.25. The summed E-state index contributed by atoms with van der Waals surface area (Å²) < 4.78 is 1.53. The van der Waals surface area contributed by atoms with Crippen molar-refractivity contribution in [2.45, 2.75) is 5.92 Å². The summed E-state index contributed by atoms with van der Waals surface area (Å²) >= 11 is 0. The molecule has 5 nitrogen and oxygen atoms in total. The standard InChI is InChI=1S/C25H17N3O2/c29-23-18-14-8-7-13-17(18)22-20(23)19(15-9-3-1-4-10-15)21-24(26-22)27-28(25(21)30)16-11-5-2-6-12-16/h1-14,19,26-27H/t19-/m0/s1. The van der Waals surface area contributed by atoms with Crippen molar-refractivity contribution in [3.05, 3.63) is 123 Å². The summed E-state index contributed by atoms with van der Waals surface area (Å²) in [4.78, 5) is 26.9. The van der Waals surface area contributed by atoms with Gasteiger partial charge in [-0.1, -0.05) is 72.8 Å². The molecule has 6 rings (SSSR count). The van der Waals surface area contributed by atoms with Crippen molar-refractivity contribution in [2.75, 3.05) is 5.32 Å². The first-order chi connectivity index (χ1) is 14.7. The Hall–Kier alpha value is -4.12. The fraction of sp³-hybridized carbons (Fsp3) is 0.0400. The molecule has 30 heavy (non-hydrogen) atoms. The average molecular weight is 391 g/mol. The molecule has 0 amide bonds. The van der Waals surface area contributed by atoms with Crippen LogP contribution in [0, 0.1) is 0 Å². The largest absolute Gasteiger partial charge is 0.339 e. The molecular formula is C25H17N3O2. The van der Waals surface area contributed by atoms with Gasteiger partial charge in [-0.05, 0) is 17.7 Å². The summed E-state index contributed by atoms with van der Waals surface area (Å²) in [6, 6.07) is 26.8. The number of fused-ring (bicyclic) bond motifs is 3. The number of aromatic amines is 1. The Balaban J connectivity index is 1.63. The number of rotatable bonds is 2. The zero-order valence-corrected chi connectivity index (χ0v) is 15.9. The number of benzene rings is 3. The molecule has 0 spiro atoms. The molecule has 0 fully saturated rings. The van der Waals surface area contributed by atoms with E-state index in [0.717, 1.165) is 22.5 Å². The molecule has 0 radical (unpaired) electrons. The zero-order valence-electron chi connectivity index (χ0n) is 15.9. The van der Waals surface area contributed by atoms with Gasteiger partial charge in [0.05, 0.1) is 16.9 Å². The summed E-state index contributed by atoms with van der Waals surface area (Å²) in [6.45, 7) is 0. The minimum absolute atomic E-state index is 0.0283. The Bertz CT molecular complexity index is 1400. The highest BCUT2D eigenvalue weighted by Crippen LogP contribution is 2.47. The van der Waals surface area contributed by atoms with Crippen LogP contribution in [0.25, 0.3) is 11.4 Å². The van der Waals surface area contributed by atoms with Crippen LogP contribution in [0.5, 0.6) is 0 Å². The van der Waals surface area contributed by atoms with E-state index >= 15 is 0 Å². The van der Waals surface area contributed by atoms with Crippen molar-refractivity contribution < 1.29 is 4.79 Å². The summed E-state index contributed by atoms with van der Waals surface area (Å²) in [7, 11) is 0. The number of allylic oxidation sites excluding steroid dienone is 1. The monoisotopic (exact) mass is 391 g/mol. The van der Waals surface area contributed by atoms with Gasteiger partial charge in [0.2, 0.25) is 0 Å². The number of nitrogens with one attached hydrogen (secondary N) is 2. The lowest BCUT2D eigenvalue weighted by atomic mass is 9.82. The number of anilines is 1. The van der Waals surface area contributed by atoms with E-state index in [1.807, 2.05) is 84.9 Å². The molecule has 1 atom stereocenters. The van der Waals surface area contributed by atoms with Crippen molar-refractivity contribution in [3.63, 3.8) is 0 Å². The maximum absolute atomic E-state index is 13.5. The highest BCUT2D eigenvalue weighted by molar-refractivity contribution is 6.23. The molecule has 3 aromatic carbocycles. The normalized spacial score (nSPS) is 16.7. The van der Waals surface area contributed by atoms with E-state index < -0.39 is 5.92 Å². The van der Waals surface area contributed by atoms with Crippen LogP contribution in [0.4, 0.5) is 5.82 Å². The van der Waals surface area contributed by atoms with E-state index in [2.05, 4.69) is 10.4 Å². The predicted molar refractivity (Wildman–Crippen MR) is 116 cm³/mol. The predicted octanol–water partition coefficient (Wildman–Crippen LogP) is 4.33. The quantitative estimate of drug-likeness (QED) is 0.534. The Morgan fingerprint density at radius 3 is 2.10 bits per heavy atom. The van der Waals surface area contributed by atoms with Crippen LogP contribution in [0.2, 0.25) is 0 Å². The third kappa shape index (κ3) is 2.23. The molecule has 0 saturated carbocycles. The molecular weight excluding hydrogens is 374 g/mol. The molecule has 2 N–H and O–H groups in total. The molecule has 0 saturated heterocycles. The zero-order chi connectivity index (χ0) is 20.2. The summed E-state index contributed by atoms with van der Waals surface area (Å²) in [5.41, 5.74) is 5.02. The topological polar surface area (TPSA) is 66.9 Å². The highest BCUT2D eigenvalue weighted by Gasteiger charge is 2.42. The van der Waals surface area contributed by atoms with E-state index in [1.54, 1.807) is 0 Å². The average Bonchev–Trinajstić information content (AvgIpc) is 3.28. The number of carbonyl (C=O) groups excluding carboxylic acids is 1. The Morgan fingerprint density at radius 1 is 0.733 bits per heavy atom. The number of H-pyrrole nitrogens is 1. The second-order valence-corrected chi connectivity index (χ2v) is 7.51. The smallest absolute Gasteiger partial charge is 0.277 e. The molecule has 1 aliphatic heterocycles. The number of nitrogens with zero attached hydrogens (tertiary/aromatic N) is 1. The number of para-hydroxylation sites is 1. The summed E-state index contributed by atoms with van der Waals surface area (Å²) in [6.07, 6.45) is 0. The third-order valence-corrected chi connectivity index (χ3v) is 5.86. The van der Waals surface area contributed by atoms with Gasteiger partial charge in [0, 0.05) is 22.6 Å². The SMILES string of the molecule is O=C1C2=C(Nc3[nH]n(-c4ccccc4)c(=O)c3[C@H]2c2ccccc2)c2ccccc21. The van der Waals surface area contributed by atoms with Gasteiger partial charge in [-0.2, -0.15) is 0 Å². The Labute approximate surface area is 172 Å². The Morgan fingerprint density at radius 2 is 1.37 bits per heavy atom. The van der Waals surface area contributed by atoms with Gasteiger partial charge in [-0.25, -0.2) is 4.68 Å². The molecule has 0 unspecified atom stereocenters. The van der Waals surface area contributed by atoms with Crippen LogP contribution in [-0.2, 0) is 0 Å². The van der Waals surface area contributed by atoms with Crippen molar-refractivity contribution in [1.82, 2.24) is 9.78 Å². The van der Waals surface area contributed by atoms with E-state index in [9.17, 15) is 9.59 Å². The van der Waals surface area contributed by atoms with E-state index in [-0.39, 0.29) is 11.3 Å². The number of aromatic nitrogens is 2. The van der Waals surface area contributed by atoms with Crippen LogP contribution in [0.15, 0.2) is 95.3 Å². The van der Waals surface area contributed by atoms with E-state index in [0.29, 0.717) is 22.5 Å². The fourth-order valence-electron chi connectivity index (χ4n) is 4.53. The first-order valence-electron chi connectivity index (χ1n) is 9.84. The number of ketones is 1. The van der Waals surface area contributed by atoms with Crippen LogP contribution in [-0.4, -0.2) is 15.6 Å². The third-order valence-electron chi connectivity index (χ3n) is 5.86. The van der Waals surface area contributed by atoms with Crippen LogP contribution in [0.3, 0.4) is 0 Å². The maximum atomic E-state index is 13.5. The van der Waals surface area contributed by atoms with Crippen molar-refractivity contribution in [1.29, 1.82) is 0 Å². The van der Waals surface area contributed by atoms with Gasteiger partial charge in [-0.3, -0.25) is 14.7 Å². The number of hydrogen-bond acceptors (Lipinski definition) is 3. The lowest BCUT2D eigenvalue weighted by molar-refractivity contribution is 0.103. The second-order valence-electron chi connectivity index (χ2n) is 7.51. The second kappa shape index (κ2) is 6.19. The van der Waals surface area contributed by atoms with Crippen LogP contribution < -0.4 is 10.9 Å². The van der Waals surface area contributed by atoms with Crippen molar-refractivity contribution in [2.24, 2.45) is 0 Å². The fourth-order valence-corrected chi connectivity index (χ4v) is 4.53. The molecule has 2 aliphatic rings. The van der Waals surface area contributed by atoms with Crippen LogP contribution in [0.1, 0.15) is 33.0 Å². The van der Waals surface area contributed by atoms with E-state index in [4.69, 9.17) is 0 Å². The lowest BCUT2D eigenvalue weighted by Crippen LogP contribution is -2.25. The molecule has 1 aliphatic carbocycles. The van der Waals surface area contributed by atoms with Gasteiger partial charge in [-0.15, -0.1) is 0 Å². The maximum Gasteiger partial charge on any atom is 0.277 e. The molecule has 0 bridgehead atoms. The van der Waals surface area contributed by atoms with Gasteiger partial charge < -0.3 is 5.32 Å². The highest BCUT2D eigenvalue weighted by atomic mass is 16.1. The molecule has 4 aromatic rings. The van der Waals surface area contributed by atoms with Gasteiger partial charge in [0.15, 0.2) is 5.78 Å². The molecule has 1 aromatic heterocycles. The van der Waals surface area contributed by atoms with Gasteiger partial charge in [0.1, 0.15) is 5.82 Å². The van der Waals surface area contributed by atoms with Gasteiger partial charge in [0.25, 0.3) is 5.56 Å².